The van der Waals surface area contributed by atoms with E-state index in [1.807, 2.05) is 6.07 Å². The van der Waals surface area contributed by atoms with Gasteiger partial charge in [-0.15, -0.1) is 0 Å². The second kappa shape index (κ2) is 3.19. The van der Waals surface area contributed by atoms with Gasteiger partial charge in [-0.2, -0.15) is 5.26 Å². The Balaban J connectivity index is 3.39. The van der Waals surface area contributed by atoms with E-state index >= 15 is 0 Å². The minimum absolute atomic E-state index is 0.0449. The summed E-state index contributed by atoms with van der Waals surface area (Å²) < 4.78 is 0. The van der Waals surface area contributed by atoms with Crippen LogP contribution in [0.4, 0.5) is 5.69 Å². The predicted molar refractivity (Wildman–Crippen MR) is 45.1 cm³/mol. The molecular formula is C8H7N3O2. The molecule has 0 aromatic carbocycles. The van der Waals surface area contributed by atoms with Gasteiger partial charge in [-0.25, -0.2) is 4.98 Å². The van der Waals surface area contributed by atoms with Crippen LogP contribution in [-0.2, 0) is 0 Å². The first-order valence-corrected chi connectivity index (χ1v) is 3.59. The minimum Gasteiger partial charge on any atom is -0.258 e. The van der Waals surface area contributed by atoms with Gasteiger partial charge in [0.15, 0.2) is 0 Å². The molecule has 0 bridgehead atoms. The van der Waals surface area contributed by atoms with Crippen LogP contribution in [0, 0.1) is 35.3 Å². The Kier molecular flexibility index (Phi) is 2.24. The van der Waals surface area contributed by atoms with Gasteiger partial charge in [0.05, 0.1) is 4.92 Å². The van der Waals surface area contributed by atoms with E-state index in [9.17, 15) is 10.1 Å². The maximum atomic E-state index is 10.5. The zero-order valence-corrected chi connectivity index (χ0v) is 7.24. The van der Waals surface area contributed by atoms with Gasteiger partial charge >= 0.3 is 0 Å². The Labute approximate surface area is 74.8 Å². The van der Waals surface area contributed by atoms with Gasteiger partial charge in [-0.05, 0) is 19.4 Å². The lowest BCUT2D eigenvalue weighted by molar-refractivity contribution is -0.385. The monoisotopic (exact) mass is 177 g/mol. The molecule has 0 aliphatic carbocycles. The molecule has 0 aliphatic rings. The fourth-order valence-electron chi connectivity index (χ4n) is 0.989. The van der Waals surface area contributed by atoms with Crippen LogP contribution in [0.5, 0.6) is 0 Å². The van der Waals surface area contributed by atoms with Crippen molar-refractivity contribution in [1.82, 2.24) is 4.98 Å². The number of hydrogen-bond acceptors (Lipinski definition) is 4. The first-order chi connectivity index (χ1) is 6.06. The van der Waals surface area contributed by atoms with Gasteiger partial charge in [-0.3, -0.25) is 10.1 Å². The van der Waals surface area contributed by atoms with E-state index in [0.29, 0.717) is 5.56 Å². The van der Waals surface area contributed by atoms with Crippen LogP contribution in [0.1, 0.15) is 17.0 Å². The van der Waals surface area contributed by atoms with Crippen molar-refractivity contribution in [2.24, 2.45) is 0 Å². The molecule has 0 saturated carbocycles. The molecule has 0 unspecified atom stereocenters. The summed E-state index contributed by atoms with van der Waals surface area (Å²) in [5, 5.41) is 19.0. The van der Waals surface area contributed by atoms with E-state index in [4.69, 9.17) is 5.26 Å². The standard InChI is InChI=1S/C8H7N3O2/c1-5-3-8(11(12)13)6(2)10-7(5)4-9/h3H,1-2H3. The second-order valence-corrected chi connectivity index (χ2v) is 2.63. The Morgan fingerprint density at radius 1 is 1.62 bits per heavy atom. The van der Waals surface area contributed by atoms with Gasteiger partial charge < -0.3 is 0 Å². The third kappa shape index (κ3) is 1.62. The zero-order chi connectivity index (χ0) is 10.0. The summed E-state index contributed by atoms with van der Waals surface area (Å²) in [5.74, 6) is 0. The highest BCUT2D eigenvalue weighted by molar-refractivity contribution is 5.43. The summed E-state index contributed by atoms with van der Waals surface area (Å²) in [5.41, 5.74) is 0.992. The van der Waals surface area contributed by atoms with Gasteiger partial charge in [0, 0.05) is 6.07 Å². The first-order valence-electron chi connectivity index (χ1n) is 3.59. The summed E-state index contributed by atoms with van der Waals surface area (Å²) in [6.45, 7) is 3.14. The summed E-state index contributed by atoms with van der Waals surface area (Å²) >= 11 is 0. The Hall–Kier alpha value is -1.96. The third-order valence-corrected chi connectivity index (χ3v) is 1.68. The summed E-state index contributed by atoms with van der Waals surface area (Å²) in [7, 11) is 0. The third-order valence-electron chi connectivity index (χ3n) is 1.68. The highest BCUT2D eigenvalue weighted by Gasteiger charge is 2.14. The van der Waals surface area contributed by atoms with Gasteiger partial charge in [-0.1, -0.05) is 0 Å². The number of aryl methyl sites for hydroxylation is 2. The molecule has 0 spiro atoms. The highest BCUT2D eigenvalue weighted by Crippen LogP contribution is 2.18. The van der Waals surface area contributed by atoms with E-state index in [-0.39, 0.29) is 17.1 Å². The number of aromatic nitrogens is 1. The normalized spacial score (nSPS) is 9.31. The molecule has 1 aromatic heterocycles. The number of hydrogen-bond donors (Lipinski definition) is 0. The van der Waals surface area contributed by atoms with E-state index in [0.717, 1.165) is 0 Å². The number of nitriles is 1. The van der Waals surface area contributed by atoms with Crippen molar-refractivity contribution < 1.29 is 4.92 Å². The fraction of sp³-hybridized carbons (Fsp3) is 0.250. The maximum Gasteiger partial charge on any atom is 0.290 e. The summed E-state index contributed by atoms with van der Waals surface area (Å²) in [6.07, 6.45) is 0. The van der Waals surface area contributed by atoms with Crippen LogP contribution in [0.15, 0.2) is 6.07 Å². The average molecular weight is 177 g/mol. The second-order valence-electron chi connectivity index (χ2n) is 2.63. The average Bonchev–Trinajstić information content (AvgIpc) is 2.07. The molecule has 0 N–H and O–H groups in total. The molecule has 0 radical (unpaired) electrons. The van der Waals surface area contributed by atoms with Gasteiger partial charge in [0.2, 0.25) is 0 Å². The van der Waals surface area contributed by atoms with Crippen LogP contribution >= 0.6 is 0 Å². The van der Waals surface area contributed by atoms with Crippen molar-refractivity contribution in [1.29, 1.82) is 5.26 Å². The number of nitrogens with zero attached hydrogens (tertiary/aromatic N) is 3. The SMILES string of the molecule is Cc1cc([N+](=O)[O-])c(C)nc1C#N. The zero-order valence-electron chi connectivity index (χ0n) is 7.24. The van der Waals surface area contributed by atoms with Crippen molar-refractivity contribution in [2.75, 3.05) is 0 Å². The molecule has 1 heterocycles. The molecule has 0 amide bonds. The van der Waals surface area contributed by atoms with Crippen molar-refractivity contribution in [3.8, 4) is 6.07 Å². The minimum atomic E-state index is -0.503. The Bertz CT molecular complexity index is 407. The fourth-order valence-corrected chi connectivity index (χ4v) is 0.989. The van der Waals surface area contributed by atoms with Gasteiger partial charge in [0.1, 0.15) is 17.5 Å². The Morgan fingerprint density at radius 3 is 2.69 bits per heavy atom. The first kappa shape index (κ1) is 9.13. The summed E-state index contributed by atoms with van der Waals surface area (Å²) in [6, 6.07) is 3.23. The quantitative estimate of drug-likeness (QED) is 0.480. The summed E-state index contributed by atoms with van der Waals surface area (Å²) in [4.78, 5) is 13.8. The lowest BCUT2D eigenvalue weighted by Crippen LogP contribution is -1.98. The van der Waals surface area contributed by atoms with Crippen molar-refractivity contribution in [3.05, 3.63) is 33.1 Å². The van der Waals surface area contributed by atoms with E-state index < -0.39 is 4.92 Å². The smallest absolute Gasteiger partial charge is 0.258 e. The van der Waals surface area contributed by atoms with Crippen molar-refractivity contribution in [3.63, 3.8) is 0 Å². The lowest BCUT2D eigenvalue weighted by atomic mass is 10.2. The van der Waals surface area contributed by atoms with E-state index in [1.165, 1.54) is 13.0 Å². The topological polar surface area (TPSA) is 79.8 Å². The highest BCUT2D eigenvalue weighted by atomic mass is 16.6. The molecule has 66 valence electrons. The van der Waals surface area contributed by atoms with Gasteiger partial charge in [0.25, 0.3) is 5.69 Å². The molecule has 0 saturated heterocycles. The van der Waals surface area contributed by atoms with Crippen molar-refractivity contribution >= 4 is 5.69 Å². The molecule has 1 aromatic rings. The number of pyridine rings is 1. The molecule has 1 rings (SSSR count). The largest absolute Gasteiger partial charge is 0.290 e. The Morgan fingerprint density at radius 2 is 2.23 bits per heavy atom. The molecule has 13 heavy (non-hydrogen) atoms. The maximum absolute atomic E-state index is 10.5. The van der Waals surface area contributed by atoms with Crippen molar-refractivity contribution in [2.45, 2.75) is 13.8 Å². The molecule has 0 atom stereocenters. The number of rotatable bonds is 1. The number of nitro groups is 1. The molecule has 0 aliphatic heterocycles. The van der Waals surface area contributed by atoms with Crippen LogP contribution < -0.4 is 0 Å². The molecule has 0 fully saturated rings. The lowest BCUT2D eigenvalue weighted by Gasteiger charge is -1.99. The molecule has 5 nitrogen and oxygen atoms in total. The predicted octanol–water partition coefficient (Wildman–Crippen LogP) is 1.48. The van der Waals surface area contributed by atoms with E-state index in [2.05, 4.69) is 4.98 Å². The molecular weight excluding hydrogens is 170 g/mol. The van der Waals surface area contributed by atoms with Crippen LogP contribution in [0.3, 0.4) is 0 Å². The van der Waals surface area contributed by atoms with Crippen LogP contribution in [0.2, 0.25) is 0 Å². The van der Waals surface area contributed by atoms with Crippen LogP contribution in [0.25, 0.3) is 0 Å². The van der Waals surface area contributed by atoms with Crippen LogP contribution in [-0.4, -0.2) is 9.91 Å². The van der Waals surface area contributed by atoms with E-state index in [1.54, 1.807) is 6.92 Å². The molecule has 5 heteroatoms.